The predicted octanol–water partition coefficient (Wildman–Crippen LogP) is 2.78. The third-order valence-corrected chi connectivity index (χ3v) is 2.43. The average Bonchev–Trinajstić information content (AvgIpc) is 2.49. The van der Waals surface area contributed by atoms with Crippen molar-refractivity contribution >= 4 is 11.6 Å². The Morgan fingerprint density at radius 1 is 1.16 bits per heavy atom. The van der Waals surface area contributed by atoms with Crippen LogP contribution in [0.2, 0.25) is 0 Å². The molecular weight excluding hydrogens is 238 g/mol. The van der Waals surface area contributed by atoms with Gasteiger partial charge in [0.1, 0.15) is 17.5 Å². The minimum absolute atomic E-state index is 0.0388. The van der Waals surface area contributed by atoms with E-state index in [9.17, 15) is 4.79 Å². The van der Waals surface area contributed by atoms with Gasteiger partial charge in [0, 0.05) is 18.0 Å². The number of aromatic nitrogens is 1. The number of carbonyl (C=O) groups excluding carboxylic acids is 1. The number of nitriles is 1. The largest absolute Gasteiger partial charge is 0.345 e. The Morgan fingerprint density at radius 3 is 2.53 bits per heavy atom. The number of ketones is 1. The summed E-state index contributed by atoms with van der Waals surface area (Å²) in [5.41, 5.74) is 0.523. The van der Waals surface area contributed by atoms with Gasteiger partial charge in [-0.2, -0.15) is 5.26 Å². The molecule has 0 radical (unpaired) electrons. The van der Waals surface area contributed by atoms with Crippen molar-refractivity contribution in [2.45, 2.75) is 0 Å². The van der Waals surface area contributed by atoms with Gasteiger partial charge in [0.25, 0.3) is 0 Å². The first-order valence-corrected chi connectivity index (χ1v) is 5.69. The van der Waals surface area contributed by atoms with E-state index in [0.29, 0.717) is 11.4 Å². The van der Waals surface area contributed by atoms with Crippen molar-refractivity contribution in [1.82, 2.24) is 4.98 Å². The van der Waals surface area contributed by atoms with Crippen molar-refractivity contribution in [3.8, 4) is 6.07 Å². The number of pyridine rings is 1. The van der Waals surface area contributed by atoms with Gasteiger partial charge in [0.05, 0.1) is 0 Å². The average molecular weight is 249 g/mol. The number of rotatable bonds is 4. The van der Waals surface area contributed by atoms with Gasteiger partial charge >= 0.3 is 0 Å². The second kappa shape index (κ2) is 6.12. The molecule has 1 N–H and O–H groups in total. The van der Waals surface area contributed by atoms with Crippen molar-refractivity contribution in [1.29, 1.82) is 5.26 Å². The number of anilines is 1. The summed E-state index contributed by atoms with van der Waals surface area (Å²) in [4.78, 5) is 16.1. The van der Waals surface area contributed by atoms with E-state index in [-0.39, 0.29) is 11.4 Å². The number of hydrogen-bond donors (Lipinski definition) is 1. The molecule has 0 aliphatic carbocycles. The van der Waals surface area contributed by atoms with Gasteiger partial charge in [-0.15, -0.1) is 0 Å². The number of allylic oxidation sites excluding steroid dienone is 1. The maximum absolute atomic E-state index is 12.0. The van der Waals surface area contributed by atoms with Gasteiger partial charge in [0.15, 0.2) is 0 Å². The Balaban J connectivity index is 2.17. The molecule has 0 aliphatic heterocycles. The molecule has 1 aromatic heterocycles. The van der Waals surface area contributed by atoms with Crippen LogP contribution in [0.1, 0.15) is 10.4 Å². The van der Waals surface area contributed by atoms with Crippen molar-refractivity contribution in [2.75, 3.05) is 5.32 Å². The molecule has 1 heterocycles. The topological polar surface area (TPSA) is 65.8 Å². The van der Waals surface area contributed by atoms with Gasteiger partial charge in [-0.25, -0.2) is 4.98 Å². The number of nitrogens with zero attached hydrogens (tertiary/aromatic N) is 2. The minimum Gasteiger partial charge on any atom is -0.345 e. The van der Waals surface area contributed by atoms with Crippen LogP contribution in [-0.4, -0.2) is 10.8 Å². The molecule has 92 valence electrons. The lowest BCUT2D eigenvalue weighted by atomic mass is 10.1. The molecule has 1 aromatic carbocycles. The van der Waals surface area contributed by atoms with Crippen LogP contribution in [0.4, 0.5) is 5.82 Å². The number of nitrogens with one attached hydrogen (secondary N) is 1. The highest BCUT2D eigenvalue weighted by Crippen LogP contribution is 2.08. The highest BCUT2D eigenvalue weighted by Gasteiger charge is 2.11. The third kappa shape index (κ3) is 3.27. The fourth-order valence-corrected chi connectivity index (χ4v) is 1.49. The molecule has 2 rings (SSSR count). The van der Waals surface area contributed by atoms with Gasteiger partial charge in [-0.1, -0.05) is 36.4 Å². The summed E-state index contributed by atoms with van der Waals surface area (Å²) in [6.45, 7) is 0. The zero-order chi connectivity index (χ0) is 13.5. The fraction of sp³-hybridized carbons (Fsp3) is 0. The van der Waals surface area contributed by atoms with E-state index in [1.807, 2.05) is 18.2 Å². The predicted molar refractivity (Wildman–Crippen MR) is 72.3 cm³/mol. The summed E-state index contributed by atoms with van der Waals surface area (Å²) in [7, 11) is 0. The molecule has 0 saturated carbocycles. The molecule has 0 fully saturated rings. The molecule has 2 aromatic rings. The van der Waals surface area contributed by atoms with E-state index >= 15 is 0 Å². The van der Waals surface area contributed by atoms with Crippen molar-refractivity contribution in [3.63, 3.8) is 0 Å². The highest BCUT2D eigenvalue weighted by atomic mass is 16.1. The van der Waals surface area contributed by atoms with Crippen molar-refractivity contribution in [3.05, 3.63) is 72.1 Å². The van der Waals surface area contributed by atoms with Gasteiger partial charge in [-0.3, -0.25) is 4.79 Å². The summed E-state index contributed by atoms with van der Waals surface area (Å²) in [5, 5.41) is 11.9. The second-order valence-corrected chi connectivity index (χ2v) is 3.72. The quantitative estimate of drug-likeness (QED) is 0.514. The van der Waals surface area contributed by atoms with Gasteiger partial charge in [-0.05, 0) is 12.1 Å². The van der Waals surface area contributed by atoms with Crippen LogP contribution in [-0.2, 0) is 0 Å². The van der Waals surface area contributed by atoms with Crippen LogP contribution in [0.15, 0.2) is 66.5 Å². The Hall–Kier alpha value is -2.93. The van der Waals surface area contributed by atoms with Crippen LogP contribution in [0.25, 0.3) is 0 Å². The van der Waals surface area contributed by atoms with Crippen LogP contribution < -0.4 is 5.32 Å². The zero-order valence-corrected chi connectivity index (χ0v) is 10.1. The molecule has 4 heteroatoms. The van der Waals surface area contributed by atoms with E-state index in [1.165, 1.54) is 6.20 Å². The number of hydrogen-bond acceptors (Lipinski definition) is 4. The molecule has 19 heavy (non-hydrogen) atoms. The SMILES string of the molecule is N#C/C(=C\Nc1ccccn1)C(=O)c1ccccc1. The van der Waals surface area contributed by atoms with E-state index in [2.05, 4.69) is 10.3 Å². The number of carbonyl (C=O) groups is 1. The summed E-state index contributed by atoms with van der Waals surface area (Å²) in [6.07, 6.45) is 3.00. The molecule has 0 saturated heterocycles. The molecule has 4 nitrogen and oxygen atoms in total. The number of Topliss-reactive ketones (excluding diaryl/α,β-unsaturated/α-hetero) is 1. The molecule has 0 spiro atoms. The van der Waals surface area contributed by atoms with E-state index in [0.717, 1.165) is 0 Å². The highest BCUT2D eigenvalue weighted by molar-refractivity contribution is 6.11. The first kappa shape index (κ1) is 12.5. The van der Waals surface area contributed by atoms with E-state index < -0.39 is 0 Å². The molecule has 0 aliphatic rings. The monoisotopic (exact) mass is 249 g/mol. The summed E-state index contributed by atoms with van der Waals surface area (Å²) >= 11 is 0. The molecule has 0 unspecified atom stereocenters. The minimum atomic E-state index is -0.313. The Kier molecular flexibility index (Phi) is 4.04. The van der Waals surface area contributed by atoms with Gasteiger partial charge < -0.3 is 5.32 Å². The maximum atomic E-state index is 12.0. The zero-order valence-electron chi connectivity index (χ0n) is 10.1. The molecule has 0 bridgehead atoms. The van der Waals surface area contributed by atoms with Crippen molar-refractivity contribution in [2.24, 2.45) is 0 Å². The Bertz CT molecular complexity index is 627. The second-order valence-electron chi connectivity index (χ2n) is 3.72. The molecule has 0 atom stereocenters. The van der Waals surface area contributed by atoms with Crippen LogP contribution in [0.5, 0.6) is 0 Å². The van der Waals surface area contributed by atoms with Crippen molar-refractivity contribution < 1.29 is 4.79 Å². The van der Waals surface area contributed by atoms with Crippen LogP contribution >= 0.6 is 0 Å². The van der Waals surface area contributed by atoms with E-state index in [1.54, 1.807) is 42.6 Å². The Labute approximate surface area is 111 Å². The van der Waals surface area contributed by atoms with Crippen LogP contribution in [0.3, 0.4) is 0 Å². The van der Waals surface area contributed by atoms with Crippen LogP contribution in [0, 0.1) is 11.3 Å². The lowest BCUT2D eigenvalue weighted by Crippen LogP contribution is -2.04. The lowest BCUT2D eigenvalue weighted by Gasteiger charge is -2.01. The smallest absolute Gasteiger partial charge is 0.205 e. The maximum Gasteiger partial charge on any atom is 0.205 e. The van der Waals surface area contributed by atoms with E-state index in [4.69, 9.17) is 5.26 Å². The lowest BCUT2D eigenvalue weighted by molar-refractivity contribution is 0.103. The summed E-state index contributed by atoms with van der Waals surface area (Å²) in [6, 6.07) is 15.9. The first-order valence-electron chi connectivity index (χ1n) is 5.69. The Morgan fingerprint density at radius 2 is 1.89 bits per heavy atom. The summed E-state index contributed by atoms with van der Waals surface area (Å²) in [5.74, 6) is 0.266. The standard InChI is InChI=1S/C15H11N3O/c16-10-13(11-18-14-8-4-5-9-17-14)15(19)12-6-2-1-3-7-12/h1-9,11H,(H,17,18)/b13-11+. The number of benzene rings is 1. The molecule has 0 amide bonds. The normalized spacial score (nSPS) is 10.6. The van der Waals surface area contributed by atoms with Gasteiger partial charge in [0.2, 0.25) is 5.78 Å². The first-order chi connectivity index (χ1) is 9.31. The summed E-state index contributed by atoms with van der Waals surface area (Å²) < 4.78 is 0. The third-order valence-electron chi connectivity index (χ3n) is 2.43. The molecular formula is C15H11N3O. The fourth-order valence-electron chi connectivity index (χ4n) is 1.49.